The number of benzene rings is 1. The molecule has 0 saturated heterocycles. The highest BCUT2D eigenvalue weighted by Gasteiger charge is 2.14. The second kappa shape index (κ2) is 5.94. The van der Waals surface area contributed by atoms with Crippen LogP contribution in [0.1, 0.15) is 24.9 Å². The molecule has 0 aliphatic rings. The summed E-state index contributed by atoms with van der Waals surface area (Å²) in [5.74, 6) is 1.12. The van der Waals surface area contributed by atoms with Crippen LogP contribution >= 0.6 is 11.6 Å². The summed E-state index contributed by atoms with van der Waals surface area (Å²) >= 11 is 6.11. The van der Waals surface area contributed by atoms with Crippen molar-refractivity contribution >= 4 is 11.6 Å². The zero-order chi connectivity index (χ0) is 13.0. The van der Waals surface area contributed by atoms with Gasteiger partial charge in [0.15, 0.2) is 11.5 Å². The third kappa shape index (κ3) is 3.38. The summed E-state index contributed by atoms with van der Waals surface area (Å²) in [5, 5.41) is 0.499. The lowest BCUT2D eigenvalue weighted by molar-refractivity contribution is 0.354. The molecule has 1 aromatic rings. The number of methoxy groups -OCH3 is 2. The molecule has 4 heteroatoms. The molecule has 0 aliphatic heterocycles. The van der Waals surface area contributed by atoms with Gasteiger partial charge in [0.25, 0.3) is 0 Å². The van der Waals surface area contributed by atoms with Crippen LogP contribution in [0.15, 0.2) is 24.3 Å². The summed E-state index contributed by atoms with van der Waals surface area (Å²) in [5.41, 5.74) is 8.01. The number of rotatable bonds is 5. The molecule has 1 unspecified atom stereocenters. The van der Waals surface area contributed by atoms with Gasteiger partial charge in [0.2, 0.25) is 0 Å². The maximum Gasteiger partial charge on any atom is 0.179 e. The average Bonchev–Trinajstić information content (AvgIpc) is 2.26. The summed E-state index contributed by atoms with van der Waals surface area (Å²) in [4.78, 5) is 0. The van der Waals surface area contributed by atoms with Crippen LogP contribution in [0.5, 0.6) is 11.5 Å². The summed E-state index contributed by atoms with van der Waals surface area (Å²) in [6, 6.07) is 3.51. The Kier molecular flexibility index (Phi) is 4.85. The van der Waals surface area contributed by atoms with Crippen molar-refractivity contribution in [1.29, 1.82) is 0 Å². The third-order valence-electron chi connectivity index (χ3n) is 2.45. The fourth-order valence-electron chi connectivity index (χ4n) is 1.65. The van der Waals surface area contributed by atoms with Gasteiger partial charge in [-0.1, -0.05) is 17.2 Å². The van der Waals surface area contributed by atoms with Gasteiger partial charge < -0.3 is 15.2 Å². The van der Waals surface area contributed by atoms with E-state index in [-0.39, 0.29) is 6.04 Å². The summed E-state index contributed by atoms with van der Waals surface area (Å²) in [6.45, 7) is 5.80. The average molecular weight is 256 g/mol. The molecule has 0 spiro atoms. The fourth-order valence-corrected chi connectivity index (χ4v) is 1.94. The predicted octanol–water partition coefficient (Wildman–Crippen LogP) is 3.32. The molecule has 2 N–H and O–H groups in total. The van der Waals surface area contributed by atoms with Gasteiger partial charge in [-0.05, 0) is 31.0 Å². The van der Waals surface area contributed by atoms with Gasteiger partial charge >= 0.3 is 0 Å². The molecule has 0 heterocycles. The molecule has 0 bridgehead atoms. The Morgan fingerprint density at radius 3 is 2.53 bits per heavy atom. The van der Waals surface area contributed by atoms with E-state index in [4.69, 9.17) is 26.8 Å². The Morgan fingerprint density at radius 1 is 1.41 bits per heavy atom. The lowest BCUT2D eigenvalue weighted by atomic mass is 10.0. The molecule has 1 atom stereocenters. The molecule has 1 aromatic carbocycles. The molecule has 0 radical (unpaired) electrons. The normalized spacial score (nSPS) is 12.1. The van der Waals surface area contributed by atoms with Crippen molar-refractivity contribution < 1.29 is 9.47 Å². The molecular weight excluding hydrogens is 238 g/mol. The molecule has 0 amide bonds. The monoisotopic (exact) mass is 255 g/mol. The molecule has 94 valence electrons. The van der Waals surface area contributed by atoms with Crippen LogP contribution in [0.3, 0.4) is 0 Å². The predicted molar refractivity (Wildman–Crippen MR) is 70.9 cm³/mol. The van der Waals surface area contributed by atoms with E-state index in [0.717, 1.165) is 11.1 Å². The van der Waals surface area contributed by atoms with Crippen LogP contribution in [0.25, 0.3) is 0 Å². The maximum atomic E-state index is 6.11. The van der Waals surface area contributed by atoms with E-state index in [1.165, 1.54) is 0 Å². The van der Waals surface area contributed by atoms with Crippen LogP contribution in [-0.2, 0) is 0 Å². The van der Waals surface area contributed by atoms with Crippen molar-refractivity contribution in [2.75, 3.05) is 14.2 Å². The highest BCUT2D eigenvalue weighted by molar-refractivity contribution is 6.32. The summed E-state index contributed by atoms with van der Waals surface area (Å²) in [6.07, 6.45) is 0.714. The Hall–Kier alpha value is -1.19. The minimum Gasteiger partial charge on any atom is -0.493 e. The molecule has 0 saturated carbocycles. The number of hydrogen-bond acceptors (Lipinski definition) is 3. The Labute approximate surface area is 107 Å². The van der Waals surface area contributed by atoms with Gasteiger partial charge in [-0.3, -0.25) is 0 Å². The van der Waals surface area contributed by atoms with Gasteiger partial charge in [-0.25, -0.2) is 0 Å². The topological polar surface area (TPSA) is 44.5 Å². The second-order valence-corrected chi connectivity index (χ2v) is 4.41. The zero-order valence-electron chi connectivity index (χ0n) is 10.4. The highest BCUT2D eigenvalue weighted by Crippen LogP contribution is 2.37. The zero-order valence-corrected chi connectivity index (χ0v) is 11.2. The molecule has 0 aromatic heterocycles. The Bertz CT molecular complexity index is 418. The van der Waals surface area contributed by atoms with Crippen molar-refractivity contribution in [2.24, 2.45) is 5.73 Å². The van der Waals surface area contributed by atoms with Crippen LogP contribution in [0.2, 0.25) is 5.02 Å². The lowest BCUT2D eigenvalue weighted by Gasteiger charge is -2.16. The first-order valence-electron chi connectivity index (χ1n) is 5.31. The van der Waals surface area contributed by atoms with Crippen molar-refractivity contribution in [2.45, 2.75) is 19.4 Å². The first-order valence-corrected chi connectivity index (χ1v) is 5.68. The van der Waals surface area contributed by atoms with Crippen LogP contribution in [-0.4, -0.2) is 14.2 Å². The summed E-state index contributed by atoms with van der Waals surface area (Å²) in [7, 11) is 3.12. The van der Waals surface area contributed by atoms with E-state index in [9.17, 15) is 0 Å². The van der Waals surface area contributed by atoms with Gasteiger partial charge in [0.1, 0.15) is 0 Å². The molecule has 0 fully saturated rings. The van der Waals surface area contributed by atoms with Crippen molar-refractivity contribution in [1.82, 2.24) is 0 Å². The third-order valence-corrected chi connectivity index (χ3v) is 2.73. The number of ether oxygens (including phenoxy) is 2. The lowest BCUT2D eigenvalue weighted by Crippen LogP contribution is -2.11. The molecular formula is C13H18ClNO2. The molecule has 17 heavy (non-hydrogen) atoms. The fraction of sp³-hybridized carbons (Fsp3) is 0.385. The number of nitrogens with two attached hydrogens (primary N) is 1. The minimum absolute atomic E-state index is 0.134. The van der Waals surface area contributed by atoms with Crippen molar-refractivity contribution in [3.63, 3.8) is 0 Å². The van der Waals surface area contributed by atoms with E-state index >= 15 is 0 Å². The SMILES string of the molecule is C=C(C)CC(N)c1cc(Cl)c(OC)c(OC)c1. The largest absolute Gasteiger partial charge is 0.493 e. The first kappa shape index (κ1) is 13.9. The smallest absolute Gasteiger partial charge is 0.179 e. The second-order valence-electron chi connectivity index (χ2n) is 4.01. The van der Waals surface area contributed by atoms with E-state index in [1.54, 1.807) is 20.3 Å². The standard InChI is InChI=1S/C13H18ClNO2/c1-8(2)5-11(15)9-6-10(14)13(17-4)12(7-9)16-3/h6-7,11H,1,5,15H2,2-4H3. The van der Waals surface area contributed by atoms with Crippen LogP contribution < -0.4 is 15.2 Å². The van der Waals surface area contributed by atoms with E-state index in [1.807, 2.05) is 13.0 Å². The number of halogens is 1. The Balaban J connectivity index is 3.10. The van der Waals surface area contributed by atoms with E-state index < -0.39 is 0 Å². The van der Waals surface area contributed by atoms with Gasteiger partial charge in [0.05, 0.1) is 19.2 Å². The maximum absolute atomic E-state index is 6.11. The molecule has 0 aliphatic carbocycles. The van der Waals surface area contributed by atoms with Crippen LogP contribution in [0, 0.1) is 0 Å². The van der Waals surface area contributed by atoms with Gasteiger partial charge in [-0.2, -0.15) is 0 Å². The first-order chi connectivity index (χ1) is 7.99. The van der Waals surface area contributed by atoms with Gasteiger partial charge in [0, 0.05) is 6.04 Å². The van der Waals surface area contributed by atoms with Crippen LogP contribution in [0.4, 0.5) is 0 Å². The summed E-state index contributed by atoms with van der Waals surface area (Å²) < 4.78 is 10.4. The highest BCUT2D eigenvalue weighted by atomic mass is 35.5. The Morgan fingerprint density at radius 2 is 2.06 bits per heavy atom. The van der Waals surface area contributed by atoms with E-state index in [2.05, 4.69) is 6.58 Å². The van der Waals surface area contributed by atoms with Crippen molar-refractivity contribution in [3.05, 3.63) is 34.9 Å². The molecule has 1 rings (SSSR count). The van der Waals surface area contributed by atoms with Gasteiger partial charge in [-0.15, -0.1) is 6.58 Å². The molecule has 3 nitrogen and oxygen atoms in total. The minimum atomic E-state index is -0.134. The van der Waals surface area contributed by atoms with E-state index in [0.29, 0.717) is 22.9 Å². The number of hydrogen-bond donors (Lipinski definition) is 1. The quantitative estimate of drug-likeness (QED) is 0.821. The van der Waals surface area contributed by atoms with Crippen molar-refractivity contribution in [3.8, 4) is 11.5 Å².